The van der Waals surface area contributed by atoms with E-state index in [1.54, 1.807) is 0 Å². The summed E-state index contributed by atoms with van der Waals surface area (Å²) in [6.07, 6.45) is 1.89. The van der Waals surface area contributed by atoms with Crippen LogP contribution in [0.4, 0.5) is 0 Å². The molecule has 0 atom stereocenters. The van der Waals surface area contributed by atoms with E-state index in [0.717, 1.165) is 44.5 Å². The number of nitrogens with zero attached hydrogens (tertiary/aromatic N) is 4. The maximum atomic E-state index is 4.85. The van der Waals surface area contributed by atoms with Gasteiger partial charge in [-0.1, -0.05) is 164 Å². The van der Waals surface area contributed by atoms with Crippen LogP contribution in [0.15, 0.2) is 243 Å². The second kappa shape index (κ2) is 14.4. The molecule has 300 valence electrons. The molecule has 4 nitrogen and oxygen atoms in total. The van der Waals surface area contributed by atoms with Crippen molar-refractivity contribution in [1.82, 2.24) is 18.7 Å². The zero-order chi connectivity index (χ0) is 42.2. The molecule has 4 heterocycles. The summed E-state index contributed by atoms with van der Waals surface area (Å²) in [5.74, 6) is 0. The molecule has 0 saturated heterocycles. The third-order valence-electron chi connectivity index (χ3n) is 13.4. The van der Waals surface area contributed by atoms with E-state index >= 15 is 0 Å². The third-order valence-corrected chi connectivity index (χ3v) is 18.2. The second-order valence-electron chi connectivity index (χ2n) is 16.7. The molecule has 13 rings (SSSR count). The van der Waals surface area contributed by atoms with Crippen LogP contribution in [-0.4, -0.2) is 26.8 Å². The van der Waals surface area contributed by atoms with Gasteiger partial charge in [-0.15, -0.1) is 0 Å². The molecule has 0 aliphatic heterocycles. The summed E-state index contributed by atoms with van der Waals surface area (Å²) in [4.78, 5) is 4.85. The van der Waals surface area contributed by atoms with Crippen molar-refractivity contribution >= 4 is 94.4 Å². The standard InChI is InChI=1S/C59H40N4Si/c1-4-18-43(19-5-1)64(44-20-6-2-7-21-44,45-22-8-3-9-23-45)46-36-33-41(34-37-46)61-51-27-13-10-24-47(51)50-40-42(35-38-54(50)61)62-52-28-14-11-25-48(52)58-55(62)30-16-31-56(58)63-53-29-15-12-26-49(53)59-57(63)32-17-39-60-59/h1-40H. The molecule has 4 aromatic heterocycles. The molecule has 0 N–H and O–H groups in total. The van der Waals surface area contributed by atoms with Gasteiger partial charge in [0.2, 0.25) is 0 Å². The fraction of sp³-hybridized carbons (Fsp3) is 0. The van der Waals surface area contributed by atoms with E-state index in [1.165, 1.54) is 58.8 Å². The van der Waals surface area contributed by atoms with Gasteiger partial charge in [-0.05, 0) is 93.5 Å². The highest BCUT2D eigenvalue weighted by atomic mass is 28.3. The molecule has 0 bridgehead atoms. The van der Waals surface area contributed by atoms with Gasteiger partial charge >= 0.3 is 0 Å². The number of aromatic nitrogens is 4. The van der Waals surface area contributed by atoms with Crippen LogP contribution in [0.1, 0.15) is 0 Å². The van der Waals surface area contributed by atoms with E-state index in [2.05, 4.69) is 244 Å². The average molecular weight is 833 g/mol. The number of para-hydroxylation sites is 3. The lowest BCUT2D eigenvalue weighted by Crippen LogP contribution is -2.74. The molecular formula is C59H40N4Si. The number of hydrogen-bond donors (Lipinski definition) is 0. The maximum Gasteiger partial charge on any atom is 0.179 e. The lowest BCUT2D eigenvalue weighted by molar-refractivity contribution is 1.16. The molecule has 13 aromatic rings. The summed E-state index contributed by atoms with van der Waals surface area (Å²) >= 11 is 0. The van der Waals surface area contributed by atoms with Crippen LogP contribution in [0.2, 0.25) is 0 Å². The highest BCUT2D eigenvalue weighted by Gasteiger charge is 2.41. The first-order valence-electron chi connectivity index (χ1n) is 22.0. The Hall–Kier alpha value is -8.25. The van der Waals surface area contributed by atoms with Crippen LogP contribution in [-0.2, 0) is 0 Å². The van der Waals surface area contributed by atoms with Crippen molar-refractivity contribution in [2.75, 3.05) is 0 Å². The van der Waals surface area contributed by atoms with E-state index in [-0.39, 0.29) is 0 Å². The molecule has 64 heavy (non-hydrogen) atoms. The van der Waals surface area contributed by atoms with Crippen LogP contribution in [0.25, 0.3) is 82.6 Å². The lowest BCUT2D eigenvalue weighted by Gasteiger charge is -2.34. The van der Waals surface area contributed by atoms with Crippen molar-refractivity contribution in [2.24, 2.45) is 0 Å². The van der Waals surface area contributed by atoms with Crippen LogP contribution in [0.5, 0.6) is 0 Å². The predicted molar refractivity (Wildman–Crippen MR) is 271 cm³/mol. The minimum Gasteiger partial charge on any atom is -0.309 e. The van der Waals surface area contributed by atoms with E-state index in [4.69, 9.17) is 4.98 Å². The minimum atomic E-state index is -2.66. The number of rotatable bonds is 7. The van der Waals surface area contributed by atoms with Crippen molar-refractivity contribution < 1.29 is 0 Å². The first-order valence-corrected chi connectivity index (χ1v) is 24.0. The molecule has 0 spiro atoms. The zero-order valence-corrected chi connectivity index (χ0v) is 35.9. The second-order valence-corrected chi connectivity index (χ2v) is 20.5. The maximum absolute atomic E-state index is 4.85. The summed E-state index contributed by atoms with van der Waals surface area (Å²) < 4.78 is 7.28. The van der Waals surface area contributed by atoms with E-state index in [9.17, 15) is 0 Å². The molecule has 0 fully saturated rings. The molecule has 0 aliphatic rings. The number of hydrogen-bond acceptors (Lipinski definition) is 1. The van der Waals surface area contributed by atoms with Crippen LogP contribution in [0, 0.1) is 0 Å². The Morgan fingerprint density at radius 1 is 0.297 bits per heavy atom. The molecule has 0 radical (unpaired) electrons. The van der Waals surface area contributed by atoms with Gasteiger partial charge in [0.15, 0.2) is 8.07 Å². The molecule has 0 unspecified atom stereocenters. The van der Waals surface area contributed by atoms with Gasteiger partial charge in [0, 0.05) is 44.5 Å². The Kier molecular flexibility index (Phi) is 8.20. The largest absolute Gasteiger partial charge is 0.309 e. The smallest absolute Gasteiger partial charge is 0.179 e. The van der Waals surface area contributed by atoms with Gasteiger partial charge in [-0.25, -0.2) is 0 Å². The Morgan fingerprint density at radius 2 is 0.766 bits per heavy atom. The van der Waals surface area contributed by atoms with Crippen molar-refractivity contribution in [3.05, 3.63) is 243 Å². The van der Waals surface area contributed by atoms with Crippen LogP contribution < -0.4 is 20.7 Å². The highest BCUT2D eigenvalue weighted by Crippen LogP contribution is 2.41. The fourth-order valence-corrected chi connectivity index (χ4v) is 15.6. The van der Waals surface area contributed by atoms with Gasteiger partial charge in [0.05, 0.1) is 44.3 Å². The number of benzene rings is 9. The summed E-state index contributed by atoms with van der Waals surface area (Å²) in [5, 5.41) is 11.5. The Morgan fingerprint density at radius 3 is 1.42 bits per heavy atom. The summed E-state index contributed by atoms with van der Waals surface area (Å²) in [6, 6.07) is 87.1. The van der Waals surface area contributed by atoms with E-state index in [0.29, 0.717) is 0 Å². The summed E-state index contributed by atoms with van der Waals surface area (Å²) in [6.45, 7) is 0. The SMILES string of the molecule is c1ccc([Si](c2ccccc2)(c2ccccc2)c2ccc(-n3c4ccccc4c4cc(-n5c6ccccc6c6c(-n7c8ccccc8c8ncccc87)cccc65)ccc43)cc2)cc1. The molecule has 5 heteroatoms. The molecule has 0 amide bonds. The summed E-state index contributed by atoms with van der Waals surface area (Å²) in [5.41, 5.74) is 11.4. The summed E-state index contributed by atoms with van der Waals surface area (Å²) in [7, 11) is -2.66. The van der Waals surface area contributed by atoms with Crippen molar-refractivity contribution in [1.29, 1.82) is 0 Å². The normalized spacial score (nSPS) is 12.1. The first-order chi connectivity index (χ1) is 31.8. The van der Waals surface area contributed by atoms with Gasteiger partial charge in [-0.2, -0.15) is 0 Å². The minimum absolute atomic E-state index is 1.01. The molecule has 0 saturated carbocycles. The zero-order valence-electron chi connectivity index (χ0n) is 34.9. The average Bonchev–Trinajstić information content (AvgIpc) is 4.01. The molecular weight excluding hydrogens is 793 g/mol. The first kappa shape index (κ1) is 36.4. The Labute approximate surface area is 371 Å². The van der Waals surface area contributed by atoms with Gasteiger partial charge in [-0.3, -0.25) is 4.98 Å². The van der Waals surface area contributed by atoms with Crippen molar-refractivity contribution in [2.45, 2.75) is 0 Å². The number of fused-ring (bicyclic) bond motifs is 9. The Bertz CT molecular complexity index is 3730. The lowest BCUT2D eigenvalue weighted by atomic mass is 10.1. The monoisotopic (exact) mass is 832 g/mol. The molecule has 9 aromatic carbocycles. The predicted octanol–water partition coefficient (Wildman–Crippen LogP) is 11.8. The van der Waals surface area contributed by atoms with Gasteiger partial charge in [0.1, 0.15) is 0 Å². The van der Waals surface area contributed by atoms with Crippen LogP contribution in [0.3, 0.4) is 0 Å². The third kappa shape index (κ3) is 5.25. The van der Waals surface area contributed by atoms with Crippen molar-refractivity contribution in [3.8, 4) is 17.1 Å². The number of pyridine rings is 1. The van der Waals surface area contributed by atoms with Crippen LogP contribution >= 0.6 is 0 Å². The quantitative estimate of drug-likeness (QED) is 0.116. The molecule has 0 aliphatic carbocycles. The Balaban J connectivity index is 1.00. The highest BCUT2D eigenvalue weighted by molar-refractivity contribution is 7.19. The van der Waals surface area contributed by atoms with Crippen molar-refractivity contribution in [3.63, 3.8) is 0 Å². The van der Waals surface area contributed by atoms with Gasteiger partial charge in [0.25, 0.3) is 0 Å². The van der Waals surface area contributed by atoms with Gasteiger partial charge < -0.3 is 13.7 Å². The fourth-order valence-electron chi connectivity index (χ4n) is 10.8. The van der Waals surface area contributed by atoms with E-state index < -0.39 is 8.07 Å². The topological polar surface area (TPSA) is 27.7 Å². The van der Waals surface area contributed by atoms with E-state index in [1.807, 2.05) is 12.3 Å².